The quantitative estimate of drug-likeness (QED) is 0.148. The first kappa shape index (κ1) is 35.0. The maximum atomic E-state index is 15.2. The summed E-state index contributed by atoms with van der Waals surface area (Å²) in [6.07, 6.45) is 1.65. The standard InChI is InChI=1S/C39H36N8O5S/c1-50-31-15-7-26(8-16-31)23-46(24-27-9-17-32(51-2)18-10-27)53(48,49)36-6-4-5-34(29-13-14-30-22-41-39(40)42-35(30)21-29)37(36)38-43-44-45-47(38)25-28-11-19-33(52-3)20-12-28/h4-22H,23-25H2,1-3H3,(H2,40,41,42). The molecule has 0 radical (unpaired) electrons. The molecule has 0 atom stereocenters. The first-order valence-corrected chi connectivity index (χ1v) is 18.0. The molecule has 7 rings (SSSR count). The van der Waals surface area contributed by atoms with E-state index in [0.717, 1.165) is 22.1 Å². The van der Waals surface area contributed by atoms with Crippen molar-refractivity contribution < 1.29 is 22.6 Å². The first-order chi connectivity index (χ1) is 25.7. The minimum atomic E-state index is -4.26. The number of ether oxygens (including phenoxy) is 3. The number of fused-ring (bicyclic) bond motifs is 1. The lowest BCUT2D eigenvalue weighted by Gasteiger charge is -2.25. The smallest absolute Gasteiger partial charge is 0.244 e. The molecule has 14 heteroatoms. The van der Waals surface area contributed by atoms with Crippen molar-refractivity contribution in [2.75, 3.05) is 27.1 Å². The van der Waals surface area contributed by atoms with Crippen LogP contribution in [0.15, 0.2) is 120 Å². The Hall–Kier alpha value is -6.38. The maximum Gasteiger partial charge on any atom is 0.244 e. The van der Waals surface area contributed by atoms with Crippen molar-refractivity contribution in [3.8, 4) is 39.8 Å². The number of nitrogens with two attached hydrogens (primary N) is 1. The highest BCUT2D eigenvalue weighted by atomic mass is 32.2. The van der Waals surface area contributed by atoms with Crippen molar-refractivity contribution in [2.24, 2.45) is 0 Å². The van der Waals surface area contributed by atoms with Gasteiger partial charge in [0.2, 0.25) is 16.0 Å². The number of anilines is 1. The van der Waals surface area contributed by atoms with Crippen LogP contribution in [0.5, 0.6) is 17.2 Å². The molecule has 0 amide bonds. The third-order valence-corrected chi connectivity index (χ3v) is 10.7. The van der Waals surface area contributed by atoms with E-state index in [1.807, 2.05) is 97.1 Å². The fraction of sp³-hybridized carbons (Fsp3) is 0.154. The summed E-state index contributed by atoms with van der Waals surface area (Å²) in [5, 5.41) is 13.6. The van der Waals surface area contributed by atoms with Crippen molar-refractivity contribution in [3.63, 3.8) is 0 Å². The van der Waals surface area contributed by atoms with Crippen molar-refractivity contribution in [1.82, 2.24) is 34.5 Å². The SMILES string of the molecule is COc1ccc(CN(Cc2ccc(OC)cc2)S(=O)(=O)c2cccc(-c3ccc4cnc(N)nc4c3)c2-c2nnnn2Cc2ccc(OC)cc2)cc1. The third-order valence-electron chi connectivity index (χ3n) is 8.84. The maximum absolute atomic E-state index is 15.2. The molecule has 2 N–H and O–H groups in total. The summed E-state index contributed by atoms with van der Waals surface area (Å²) in [6.45, 7) is 0.416. The molecule has 0 aliphatic rings. The van der Waals surface area contributed by atoms with Crippen LogP contribution in [0.3, 0.4) is 0 Å². The molecule has 0 saturated heterocycles. The minimum Gasteiger partial charge on any atom is -0.497 e. The number of nitrogen functional groups attached to an aromatic ring is 1. The molecule has 268 valence electrons. The average molecular weight is 729 g/mol. The van der Waals surface area contributed by atoms with Crippen LogP contribution in [-0.4, -0.2) is 64.2 Å². The zero-order valence-electron chi connectivity index (χ0n) is 29.2. The Morgan fingerprint density at radius 2 is 1.32 bits per heavy atom. The second-order valence-corrected chi connectivity index (χ2v) is 14.1. The summed E-state index contributed by atoms with van der Waals surface area (Å²) in [4.78, 5) is 8.57. The zero-order valence-corrected chi connectivity index (χ0v) is 30.1. The zero-order chi connectivity index (χ0) is 37.0. The van der Waals surface area contributed by atoms with Crippen LogP contribution in [-0.2, 0) is 29.7 Å². The molecular weight excluding hydrogens is 693 g/mol. The van der Waals surface area contributed by atoms with Crippen molar-refractivity contribution in [3.05, 3.63) is 132 Å². The lowest BCUT2D eigenvalue weighted by atomic mass is 9.98. The summed E-state index contributed by atoms with van der Waals surface area (Å²) in [5.74, 6) is 2.44. The molecule has 0 fully saturated rings. The predicted octanol–water partition coefficient (Wildman–Crippen LogP) is 6.00. The Balaban J connectivity index is 1.40. The number of rotatable bonds is 13. The molecule has 0 saturated carbocycles. The number of hydrogen-bond donors (Lipinski definition) is 1. The van der Waals surface area contributed by atoms with Gasteiger partial charge in [0.05, 0.1) is 38.3 Å². The fourth-order valence-corrected chi connectivity index (χ4v) is 7.68. The van der Waals surface area contributed by atoms with Gasteiger partial charge in [0.1, 0.15) is 17.2 Å². The van der Waals surface area contributed by atoms with Crippen LogP contribution in [0.1, 0.15) is 16.7 Å². The van der Waals surface area contributed by atoms with E-state index in [1.165, 1.54) is 4.31 Å². The van der Waals surface area contributed by atoms with E-state index in [2.05, 4.69) is 25.5 Å². The average Bonchev–Trinajstić information content (AvgIpc) is 3.65. The molecule has 13 nitrogen and oxygen atoms in total. The Bertz CT molecular complexity index is 2420. The lowest BCUT2D eigenvalue weighted by molar-refractivity contribution is 0.397. The molecule has 0 aliphatic heterocycles. The van der Waals surface area contributed by atoms with Gasteiger partial charge < -0.3 is 19.9 Å². The molecule has 7 aromatic rings. The van der Waals surface area contributed by atoms with Gasteiger partial charge in [0.15, 0.2) is 5.82 Å². The highest BCUT2D eigenvalue weighted by molar-refractivity contribution is 7.89. The van der Waals surface area contributed by atoms with E-state index >= 15 is 8.42 Å². The Labute approximate surface area is 306 Å². The summed E-state index contributed by atoms with van der Waals surface area (Å²) < 4.78 is 49.6. The Morgan fingerprint density at radius 1 is 0.736 bits per heavy atom. The Morgan fingerprint density at radius 3 is 1.91 bits per heavy atom. The van der Waals surface area contributed by atoms with Crippen molar-refractivity contribution >= 4 is 26.9 Å². The van der Waals surface area contributed by atoms with Gasteiger partial charge in [-0.2, -0.15) is 4.31 Å². The van der Waals surface area contributed by atoms with Gasteiger partial charge in [-0.3, -0.25) is 0 Å². The van der Waals surface area contributed by atoms with Crippen LogP contribution in [0.2, 0.25) is 0 Å². The summed E-state index contributed by atoms with van der Waals surface area (Å²) in [7, 11) is 0.514. The molecule has 0 aliphatic carbocycles. The summed E-state index contributed by atoms with van der Waals surface area (Å²) in [6, 6.07) is 32.9. The summed E-state index contributed by atoms with van der Waals surface area (Å²) in [5.41, 5.74) is 10.6. The van der Waals surface area contributed by atoms with Gasteiger partial charge in [0.25, 0.3) is 0 Å². The molecule has 2 aromatic heterocycles. The predicted molar refractivity (Wildman–Crippen MR) is 201 cm³/mol. The highest BCUT2D eigenvalue weighted by Crippen LogP contribution is 2.39. The van der Waals surface area contributed by atoms with E-state index in [0.29, 0.717) is 39.5 Å². The second kappa shape index (κ2) is 15.1. The Kier molecular flexibility index (Phi) is 9.97. The van der Waals surface area contributed by atoms with Crippen LogP contribution in [0.4, 0.5) is 5.95 Å². The molecule has 53 heavy (non-hydrogen) atoms. The number of aromatic nitrogens is 6. The summed E-state index contributed by atoms with van der Waals surface area (Å²) >= 11 is 0. The molecule has 2 heterocycles. The van der Waals surface area contributed by atoms with E-state index < -0.39 is 10.0 Å². The third kappa shape index (κ3) is 7.49. The van der Waals surface area contributed by atoms with Gasteiger partial charge in [-0.15, -0.1) is 5.10 Å². The molecule has 0 bridgehead atoms. The lowest BCUT2D eigenvalue weighted by Crippen LogP contribution is -2.31. The van der Waals surface area contributed by atoms with Crippen LogP contribution in [0.25, 0.3) is 33.4 Å². The fourth-order valence-electron chi connectivity index (χ4n) is 6.05. The number of sulfonamides is 1. The monoisotopic (exact) mass is 728 g/mol. The second-order valence-electron chi connectivity index (χ2n) is 12.2. The molecule has 5 aromatic carbocycles. The van der Waals surface area contributed by atoms with E-state index in [9.17, 15) is 0 Å². The molecule has 0 unspecified atom stereocenters. The number of benzene rings is 5. The van der Waals surface area contributed by atoms with Gasteiger partial charge in [-0.25, -0.2) is 23.1 Å². The van der Waals surface area contributed by atoms with Crippen LogP contribution >= 0.6 is 0 Å². The van der Waals surface area contributed by atoms with Crippen LogP contribution < -0.4 is 19.9 Å². The van der Waals surface area contributed by atoms with Gasteiger partial charge in [-0.1, -0.05) is 60.7 Å². The number of nitrogens with zero attached hydrogens (tertiary/aromatic N) is 7. The van der Waals surface area contributed by atoms with Gasteiger partial charge in [0, 0.05) is 30.2 Å². The highest BCUT2D eigenvalue weighted by Gasteiger charge is 2.32. The largest absolute Gasteiger partial charge is 0.497 e. The minimum absolute atomic E-state index is 0.0325. The van der Waals surface area contributed by atoms with E-state index in [-0.39, 0.29) is 36.3 Å². The molecule has 0 spiro atoms. The number of methoxy groups -OCH3 is 3. The first-order valence-electron chi connectivity index (χ1n) is 16.6. The van der Waals surface area contributed by atoms with Crippen molar-refractivity contribution in [1.29, 1.82) is 0 Å². The molecular formula is C39H36N8O5S. The van der Waals surface area contributed by atoms with Crippen LogP contribution in [0, 0.1) is 0 Å². The normalized spacial score (nSPS) is 11.5. The van der Waals surface area contributed by atoms with E-state index in [4.69, 9.17) is 19.9 Å². The van der Waals surface area contributed by atoms with Gasteiger partial charge in [-0.05, 0) is 86.8 Å². The van der Waals surface area contributed by atoms with E-state index in [1.54, 1.807) is 44.3 Å². The topological polar surface area (TPSA) is 160 Å². The van der Waals surface area contributed by atoms with Gasteiger partial charge >= 0.3 is 0 Å². The number of tetrazole rings is 1. The van der Waals surface area contributed by atoms with Crippen molar-refractivity contribution in [2.45, 2.75) is 24.5 Å². The number of hydrogen-bond acceptors (Lipinski definition) is 11.